The molecule has 0 saturated heterocycles. The molecule has 19 heavy (non-hydrogen) atoms. The minimum Gasteiger partial charge on any atom is -0.481 e. The molecule has 0 radical (unpaired) electrons. The number of carbonyl (C=O) groups excluding carboxylic acids is 1. The second kappa shape index (κ2) is 5.14. The van der Waals surface area contributed by atoms with Gasteiger partial charge in [0.05, 0.1) is 11.8 Å². The third-order valence-electron chi connectivity index (χ3n) is 4.99. The van der Waals surface area contributed by atoms with Gasteiger partial charge in [0.15, 0.2) is 0 Å². The first-order valence-electron chi connectivity index (χ1n) is 7.70. The summed E-state index contributed by atoms with van der Waals surface area (Å²) < 4.78 is 0. The molecule has 3 rings (SSSR count). The number of aliphatic carboxylic acids is 1. The number of carbonyl (C=O) groups is 2. The molecule has 2 N–H and O–H groups in total. The number of carboxylic acid groups (broad SMARTS) is 1. The quantitative estimate of drug-likeness (QED) is 0.800. The van der Waals surface area contributed by atoms with E-state index in [-0.39, 0.29) is 11.8 Å². The molecule has 3 saturated carbocycles. The van der Waals surface area contributed by atoms with Gasteiger partial charge in [-0.05, 0) is 50.4 Å². The Bertz CT molecular complexity index is 362. The van der Waals surface area contributed by atoms with Crippen LogP contribution in [0.15, 0.2) is 0 Å². The summed E-state index contributed by atoms with van der Waals surface area (Å²) in [7, 11) is 0. The average molecular weight is 265 g/mol. The van der Waals surface area contributed by atoms with Gasteiger partial charge in [0.25, 0.3) is 0 Å². The van der Waals surface area contributed by atoms with Crippen LogP contribution >= 0.6 is 0 Å². The molecule has 0 bridgehead atoms. The Morgan fingerprint density at radius 1 is 0.895 bits per heavy atom. The molecular weight excluding hydrogens is 242 g/mol. The standard InChI is InChI=1S/C15H23NO3/c17-14(11-3-1-2-4-12(11)15(18)19)16-13(9-5-6-9)10-7-8-10/h9-13H,1-8H2,(H,16,17)(H,18,19)/t11-,12+/m1/s1. The number of rotatable bonds is 5. The summed E-state index contributed by atoms with van der Waals surface area (Å²) in [5.41, 5.74) is 0. The Hall–Kier alpha value is -1.06. The summed E-state index contributed by atoms with van der Waals surface area (Å²) in [6.45, 7) is 0. The van der Waals surface area contributed by atoms with Crippen molar-refractivity contribution in [1.82, 2.24) is 5.32 Å². The van der Waals surface area contributed by atoms with Crippen LogP contribution in [0, 0.1) is 23.7 Å². The molecule has 0 aromatic carbocycles. The zero-order valence-corrected chi connectivity index (χ0v) is 11.3. The van der Waals surface area contributed by atoms with E-state index in [1.54, 1.807) is 0 Å². The van der Waals surface area contributed by atoms with Gasteiger partial charge < -0.3 is 10.4 Å². The van der Waals surface area contributed by atoms with Crippen molar-refractivity contribution in [1.29, 1.82) is 0 Å². The summed E-state index contributed by atoms with van der Waals surface area (Å²) in [4.78, 5) is 23.7. The molecule has 4 heteroatoms. The summed E-state index contributed by atoms with van der Waals surface area (Å²) in [6.07, 6.45) is 8.25. The first-order valence-corrected chi connectivity index (χ1v) is 7.70. The first-order chi connectivity index (χ1) is 9.16. The molecule has 0 aliphatic heterocycles. The molecule has 2 atom stereocenters. The first kappa shape index (κ1) is 12.9. The fourth-order valence-electron chi connectivity index (χ4n) is 3.54. The zero-order chi connectivity index (χ0) is 13.4. The van der Waals surface area contributed by atoms with Gasteiger partial charge in [0.2, 0.25) is 5.91 Å². The van der Waals surface area contributed by atoms with Crippen LogP contribution in [-0.2, 0) is 9.59 Å². The topological polar surface area (TPSA) is 66.4 Å². The lowest BCUT2D eigenvalue weighted by Gasteiger charge is -2.29. The summed E-state index contributed by atoms with van der Waals surface area (Å²) in [5, 5.41) is 12.4. The minimum absolute atomic E-state index is 0.0101. The number of amides is 1. The molecular formula is C15H23NO3. The van der Waals surface area contributed by atoms with E-state index in [9.17, 15) is 14.7 Å². The van der Waals surface area contributed by atoms with E-state index in [0.29, 0.717) is 24.3 Å². The SMILES string of the molecule is O=C(O)[C@H]1CCCC[C@H]1C(=O)NC(C1CC1)C1CC1. The maximum Gasteiger partial charge on any atom is 0.307 e. The molecule has 3 fully saturated rings. The van der Waals surface area contributed by atoms with Gasteiger partial charge in [-0.25, -0.2) is 0 Å². The highest BCUT2D eigenvalue weighted by atomic mass is 16.4. The van der Waals surface area contributed by atoms with E-state index >= 15 is 0 Å². The van der Waals surface area contributed by atoms with Crippen LogP contribution in [0.5, 0.6) is 0 Å². The molecule has 1 amide bonds. The minimum atomic E-state index is -0.797. The van der Waals surface area contributed by atoms with Gasteiger partial charge in [-0.3, -0.25) is 9.59 Å². The van der Waals surface area contributed by atoms with Gasteiger partial charge in [0, 0.05) is 6.04 Å². The third-order valence-corrected chi connectivity index (χ3v) is 4.99. The van der Waals surface area contributed by atoms with Crippen LogP contribution in [-0.4, -0.2) is 23.0 Å². The second-order valence-corrected chi connectivity index (χ2v) is 6.54. The van der Waals surface area contributed by atoms with Crippen molar-refractivity contribution in [2.45, 2.75) is 57.4 Å². The van der Waals surface area contributed by atoms with Crippen LogP contribution < -0.4 is 5.32 Å². The highest BCUT2D eigenvalue weighted by molar-refractivity contribution is 5.85. The molecule has 106 valence electrons. The summed E-state index contributed by atoms with van der Waals surface area (Å²) in [6, 6.07) is 0.337. The van der Waals surface area contributed by atoms with Gasteiger partial charge in [-0.1, -0.05) is 12.8 Å². The fourth-order valence-corrected chi connectivity index (χ4v) is 3.54. The van der Waals surface area contributed by atoms with Gasteiger partial charge in [-0.15, -0.1) is 0 Å². The molecule has 3 aliphatic rings. The second-order valence-electron chi connectivity index (χ2n) is 6.54. The van der Waals surface area contributed by atoms with Gasteiger partial charge in [-0.2, -0.15) is 0 Å². The predicted octanol–water partition coefficient (Wildman–Crippen LogP) is 2.18. The van der Waals surface area contributed by atoms with E-state index in [0.717, 1.165) is 19.3 Å². The monoisotopic (exact) mass is 265 g/mol. The molecule has 0 heterocycles. The lowest BCUT2D eigenvalue weighted by molar-refractivity contribution is -0.149. The maximum atomic E-state index is 12.4. The van der Waals surface area contributed by atoms with E-state index in [2.05, 4.69) is 5.32 Å². The molecule has 0 unspecified atom stereocenters. The lowest BCUT2D eigenvalue weighted by Crippen LogP contribution is -2.45. The summed E-state index contributed by atoms with van der Waals surface area (Å²) in [5.74, 6) is -0.212. The lowest BCUT2D eigenvalue weighted by atomic mass is 9.78. The Balaban J connectivity index is 1.62. The van der Waals surface area contributed by atoms with Crippen molar-refractivity contribution >= 4 is 11.9 Å². The van der Waals surface area contributed by atoms with Crippen molar-refractivity contribution < 1.29 is 14.7 Å². The molecule has 3 aliphatic carbocycles. The highest BCUT2D eigenvalue weighted by Crippen LogP contribution is 2.45. The maximum absolute atomic E-state index is 12.4. The van der Waals surface area contributed by atoms with Crippen molar-refractivity contribution in [2.24, 2.45) is 23.7 Å². The predicted molar refractivity (Wildman–Crippen MR) is 70.5 cm³/mol. The Morgan fingerprint density at radius 2 is 1.42 bits per heavy atom. The zero-order valence-electron chi connectivity index (χ0n) is 11.3. The molecule has 0 aromatic heterocycles. The van der Waals surface area contributed by atoms with Gasteiger partial charge >= 0.3 is 5.97 Å². The molecule has 0 aromatic rings. The van der Waals surface area contributed by atoms with Crippen LogP contribution in [0.2, 0.25) is 0 Å². The average Bonchev–Trinajstić information content (AvgIpc) is 3.29. The number of nitrogens with one attached hydrogen (secondary N) is 1. The fraction of sp³-hybridized carbons (Fsp3) is 0.867. The van der Waals surface area contributed by atoms with Crippen LogP contribution in [0.25, 0.3) is 0 Å². The van der Waals surface area contributed by atoms with Crippen LogP contribution in [0.3, 0.4) is 0 Å². The Labute approximate surface area is 113 Å². The van der Waals surface area contributed by atoms with Crippen molar-refractivity contribution in [2.75, 3.05) is 0 Å². The van der Waals surface area contributed by atoms with E-state index in [1.165, 1.54) is 25.7 Å². The molecule has 0 spiro atoms. The largest absolute Gasteiger partial charge is 0.481 e. The number of hydrogen-bond acceptors (Lipinski definition) is 2. The molecule has 4 nitrogen and oxygen atoms in total. The number of carboxylic acids is 1. The van der Waals surface area contributed by atoms with Crippen molar-refractivity contribution in [3.63, 3.8) is 0 Å². The van der Waals surface area contributed by atoms with Crippen molar-refractivity contribution in [3.05, 3.63) is 0 Å². The summed E-state index contributed by atoms with van der Waals surface area (Å²) >= 11 is 0. The van der Waals surface area contributed by atoms with E-state index < -0.39 is 11.9 Å². The Kier molecular flexibility index (Phi) is 3.50. The smallest absolute Gasteiger partial charge is 0.307 e. The van der Waals surface area contributed by atoms with Crippen LogP contribution in [0.1, 0.15) is 51.4 Å². The van der Waals surface area contributed by atoms with E-state index in [1.807, 2.05) is 0 Å². The van der Waals surface area contributed by atoms with E-state index in [4.69, 9.17) is 0 Å². The Morgan fingerprint density at radius 3 is 1.89 bits per heavy atom. The third kappa shape index (κ3) is 2.93. The van der Waals surface area contributed by atoms with Gasteiger partial charge in [0.1, 0.15) is 0 Å². The number of hydrogen-bond donors (Lipinski definition) is 2. The van der Waals surface area contributed by atoms with Crippen LogP contribution in [0.4, 0.5) is 0 Å². The normalized spacial score (nSPS) is 31.2. The highest BCUT2D eigenvalue weighted by Gasteiger charge is 2.44. The van der Waals surface area contributed by atoms with Crippen molar-refractivity contribution in [3.8, 4) is 0 Å².